The summed E-state index contributed by atoms with van der Waals surface area (Å²) in [7, 11) is -1.54. The first-order valence-electron chi connectivity index (χ1n) is 9.90. The Balaban J connectivity index is 1.80. The van der Waals surface area contributed by atoms with E-state index in [9.17, 15) is 14.2 Å². The quantitative estimate of drug-likeness (QED) is 0.274. The van der Waals surface area contributed by atoms with Crippen LogP contribution >= 0.6 is 7.37 Å². The van der Waals surface area contributed by atoms with Gasteiger partial charge < -0.3 is 19.5 Å². The van der Waals surface area contributed by atoms with Gasteiger partial charge in [0.25, 0.3) is 0 Å². The molecule has 1 aliphatic heterocycles. The van der Waals surface area contributed by atoms with Gasteiger partial charge >= 0.3 is 12.1 Å². The van der Waals surface area contributed by atoms with E-state index in [1.54, 1.807) is 6.92 Å². The third kappa shape index (κ3) is 7.38. The van der Waals surface area contributed by atoms with E-state index in [1.807, 2.05) is 18.2 Å². The fourth-order valence-corrected chi connectivity index (χ4v) is 5.53. The summed E-state index contributed by atoms with van der Waals surface area (Å²) in [6.07, 6.45) is 3.62. The number of nitrogens with zero attached hydrogens (tertiary/aromatic N) is 1. The number of carbonyl (C=O) groups is 2. The highest BCUT2D eigenvalue weighted by molar-refractivity contribution is 7.58. The first-order chi connectivity index (χ1) is 13.4. The third-order valence-corrected chi connectivity index (χ3v) is 7.28. The number of nitrogens with one attached hydrogen (secondary N) is 1. The summed E-state index contributed by atoms with van der Waals surface area (Å²) >= 11 is 0. The topological polar surface area (TPSA) is 84.9 Å². The predicted molar refractivity (Wildman–Crippen MR) is 109 cm³/mol. The van der Waals surface area contributed by atoms with Gasteiger partial charge in [0.2, 0.25) is 7.37 Å². The maximum atomic E-state index is 13.1. The molecular weight excluding hydrogens is 379 g/mol. The van der Waals surface area contributed by atoms with Crippen molar-refractivity contribution in [3.63, 3.8) is 0 Å². The fourth-order valence-electron chi connectivity index (χ4n) is 3.24. The lowest BCUT2D eigenvalue weighted by atomic mass is 10.1. The number of hydrogen-bond acceptors (Lipinski definition) is 6. The van der Waals surface area contributed by atoms with E-state index >= 15 is 0 Å². The fraction of sp³-hybridized carbons (Fsp3) is 0.600. The molecule has 2 atom stereocenters. The lowest BCUT2D eigenvalue weighted by Gasteiger charge is -2.24. The highest BCUT2D eigenvalue weighted by atomic mass is 31.2. The molecule has 2 rings (SSSR count). The summed E-state index contributed by atoms with van der Waals surface area (Å²) in [5.74, 6) is -0.580. The number of hydrogen-bond donors (Lipinski definition) is 1. The van der Waals surface area contributed by atoms with Crippen molar-refractivity contribution in [2.24, 2.45) is 0 Å². The molecule has 0 saturated carbocycles. The molecule has 7 nitrogen and oxygen atoms in total. The van der Waals surface area contributed by atoms with Crippen LogP contribution in [0.3, 0.4) is 0 Å². The molecule has 1 saturated heterocycles. The van der Waals surface area contributed by atoms with E-state index in [4.69, 9.17) is 9.26 Å². The minimum Gasteiger partial charge on any atom is -0.375 e. The van der Waals surface area contributed by atoms with Gasteiger partial charge in [-0.05, 0) is 51.1 Å². The minimum atomic E-state index is -3.02. The molecule has 1 unspecified atom stereocenters. The van der Waals surface area contributed by atoms with Gasteiger partial charge in [0.05, 0.1) is 6.61 Å². The molecule has 1 aromatic carbocycles. The molecule has 1 amide bonds. The number of aryl methyl sites for hydroxylation is 1. The van der Waals surface area contributed by atoms with Crippen LogP contribution in [0.15, 0.2) is 30.3 Å². The largest absolute Gasteiger partial charge is 0.417 e. The molecule has 156 valence electrons. The molecule has 0 bridgehead atoms. The normalized spacial score (nSPS) is 18.4. The number of esters is 1. The van der Waals surface area contributed by atoms with Gasteiger partial charge in [0.1, 0.15) is 12.3 Å². The average molecular weight is 410 g/mol. The summed E-state index contributed by atoms with van der Waals surface area (Å²) in [6, 6.07) is 9.70. The molecule has 28 heavy (non-hydrogen) atoms. The Morgan fingerprint density at radius 2 is 2.00 bits per heavy atom. The van der Waals surface area contributed by atoms with Crippen molar-refractivity contribution in [1.29, 1.82) is 0 Å². The molecule has 1 fully saturated rings. The summed E-state index contributed by atoms with van der Waals surface area (Å²) in [6.45, 7) is 2.83. The van der Waals surface area contributed by atoms with E-state index < -0.39 is 25.5 Å². The Morgan fingerprint density at radius 1 is 1.25 bits per heavy atom. The van der Waals surface area contributed by atoms with Crippen molar-refractivity contribution < 1.29 is 23.4 Å². The molecule has 0 aromatic heterocycles. The van der Waals surface area contributed by atoms with Crippen LogP contribution in [0.5, 0.6) is 0 Å². The first kappa shape index (κ1) is 22.6. The van der Waals surface area contributed by atoms with Crippen LogP contribution in [0.4, 0.5) is 4.79 Å². The predicted octanol–water partition coefficient (Wildman–Crippen LogP) is 3.63. The standard InChI is InChI=1S/C20H31N2O5P/c1-3-26-28(25,15-8-7-12-17-10-5-4-6-11-17)16-22(2)20(24)27-19(23)18-13-9-14-21-18/h4-6,10-11,18,21H,3,7-9,12-16H2,1-2H3/t18-,28?/m0/s1. The molecule has 8 heteroatoms. The molecule has 1 aliphatic rings. The van der Waals surface area contributed by atoms with Crippen molar-refractivity contribution in [3.8, 4) is 0 Å². The van der Waals surface area contributed by atoms with Gasteiger partial charge in [0.15, 0.2) is 0 Å². The monoisotopic (exact) mass is 410 g/mol. The molecule has 1 heterocycles. The zero-order valence-electron chi connectivity index (χ0n) is 16.8. The van der Waals surface area contributed by atoms with Gasteiger partial charge in [-0.15, -0.1) is 0 Å². The lowest BCUT2D eigenvalue weighted by molar-refractivity contribution is -0.140. The molecule has 0 radical (unpaired) electrons. The third-order valence-electron chi connectivity index (χ3n) is 4.69. The number of ether oxygens (including phenoxy) is 1. The lowest BCUT2D eigenvalue weighted by Crippen LogP contribution is -2.38. The van der Waals surface area contributed by atoms with Crippen molar-refractivity contribution >= 4 is 19.4 Å². The van der Waals surface area contributed by atoms with E-state index in [-0.39, 0.29) is 6.29 Å². The first-order valence-corrected chi connectivity index (χ1v) is 11.9. The molecule has 0 spiro atoms. The van der Waals surface area contributed by atoms with Crippen LogP contribution in [0.2, 0.25) is 0 Å². The average Bonchev–Trinajstić information content (AvgIpc) is 3.21. The van der Waals surface area contributed by atoms with Crippen molar-refractivity contribution in [2.45, 2.75) is 45.1 Å². The van der Waals surface area contributed by atoms with Crippen LogP contribution in [0.25, 0.3) is 0 Å². The molecule has 1 N–H and O–H groups in total. The Labute approximate surface area is 167 Å². The summed E-state index contributed by atoms with van der Waals surface area (Å²) in [5, 5.41) is 2.99. The Hall–Kier alpha value is -1.69. The number of benzene rings is 1. The highest BCUT2D eigenvalue weighted by Gasteiger charge is 2.30. The van der Waals surface area contributed by atoms with Crippen molar-refractivity contribution in [3.05, 3.63) is 35.9 Å². The second kappa shape index (κ2) is 11.3. The van der Waals surface area contributed by atoms with E-state index in [1.165, 1.54) is 17.5 Å². The van der Waals surface area contributed by atoms with Gasteiger partial charge in [0, 0.05) is 13.2 Å². The molecule has 1 aromatic rings. The van der Waals surface area contributed by atoms with Gasteiger partial charge in [-0.3, -0.25) is 4.57 Å². The minimum absolute atomic E-state index is 0.0591. The van der Waals surface area contributed by atoms with Crippen LogP contribution in [0.1, 0.15) is 38.2 Å². The van der Waals surface area contributed by atoms with Gasteiger partial charge in [-0.1, -0.05) is 30.3 Å². The number of amides is 1. The van der Waals surface area contributed by atoms with Crippen molar-refractivity contribution in [1.82, 2.24) is 10.2 Å². The summed E-state index contributed by atoms with van der Waals surface area (Å²) < 4.78 is 23.5. The van der Waals surface area contributed by atoms with Crippen LogP contribution < -0.4 is 5.32 Å². The Kier molecular flexibility index (Phi) is 9.16. The summed E-state index contributed by atoms with van der Waals surface area (Å²) in [5.41, 5.74) is 1.24. The Morgan fingerprint density at radius 3 is 2.64 bits per heavy atom. The van der Waals surface area contributed by atoms with Gasteiger partial charge in [-0.25, -0.2) is 9.59 Å². The maximum Gasteiger partial charge on any atom is 0.417 e. The summed E-state index contributed by atoms with van der Waals surface area (Å²) in [4.78, 5) is 25.3. The van der Waals surface area contributed by atoms with E-state index in [0.717, 1.165) is 32.2 Å². The van der Waals surface area contributed by atoms with Gasteiger partial charge in [-0.2, -0.15) is 0 Å². The number of unbranched alkanes of at least 4 members (excludes halogenated alkanes) is 1. The van der Waals surface area contributed by atoms with E-state index in [2.05, 4.69) is 17.4 Å². The van der Waals surface area contributed by atoms with Crippen molar-refractivity contribution in [2.75, 3.05) is 32.6 Å². The second-order valence-corrected chi connectivity index (χ2v) is 9.69. The van der Waals surface area contributed by atoms with Crippen LogP contribution in [0, 0.1) is 0 Å². The highest BCUT2D eigenvalue weighted by Crippen LogP contribution is 2.48. The zero-order chi connectivity index (χ0) is 20.4. The number of carbonyl (C=O) groups excluding carboxylic acids is 2. The Bertz CT molecular complexity index is 676. The number of rotatable bonds is 10. The second-order valence-electron chi connectivity index (χ2n) is 7.07. The zero-order valence-corrected chi connectivity index (χ0v) is 17.7. The maximum absolute atomic E-state index is 13.1. The van der Waals surface area contributed by atoms with E-state index in [0.29, 0.717) is 19.2 Å². The van der Waals surface area contributed by atoms with Crippen LogP contribution in [-0.2, 0) is 25.0 Å². The SMILES string of the molecule is CCOP(=O)(CCCCc1ccccc1)CN(C)C(=O)OC(=O)[C@@H]1CCCN1. The smallest absolute Gasteiger partial charge is 0.375 e. The van der Waals surface area contributed by atoms with Crippen LogP contribution in [-0.4, -0.2) is 55.7 Å². The molecular formula is C20H31N2O5P. The molecule has 0 aliphatic carbocycles.